The van der Waals surface area contributed by atoms with Crippen LogP contribution in [0.1, 0.15) is 38.5 Å². The maximum atomic E-state index is 11.1. The maximum absolute atomic E-state index is 11.1. The van der Waals surface area contributed by atoms with Gasteiger partial charge in [0, 0.05) is 12.8 Å². The highest BCUT2D eigenvalue weighted by Crippen LogP contribution is 2.01. The van der Waals surface area contributed by atoms with Crippen molar-refractivity contribution in [2.45, 2.75) is 38.5 Å². The Morgan fingerprint density at radius 1 is 1.00 bits per heavy atom. The van der Waals surface area contributed by atoms with E-state index in [9.17, 15) is 14.4 Å². The van der Waals surface area contributed by atoms with Crippen molar-refractivity contribution in [3.8, 4) is 0 Å². The number of ketones is 1. The molecule has 0 bridgehead atoms. The fourth-order valence-corrected chi connectivity index (χ4v) is 1.16. The smallest absolute Gasteiger partial charge is 0.306 e. The van der Waals surface area contributed by atoms with Gasteiger partial charge in [0.05, 0.1) is 19.6 Å². The van der Waals surface area contributed by atoms with Crippen LogP contribution in [0.5, 0.6) is 0 Å². The zero-order valence-electron chi connectivity index (χ0n) is 9.81. The van der Waals surface area contributed by atoms with E-state index in [0.717, 1.165) is 0 Å². The number of carboxylic acid groups (broad SMARTS) is 1. The van der Waals surface area contributed by atoms with Crippen molar-refractivity contribution < 1.29 is 24.2 Å². The van der Waals surface area contributed by atoms with Gasteiger partial charge in [-0.05, 0) is 19.3 Å². The van der Waals surface area contributed by atoms with Gasteiger partial charge in [-0.15, -0.1) is 0 Å². The predicted octanol–water partition coefficient (Wildman–Crippen LogP) is 0.483. The number of carbonyl (C=O) groups is 3. The Hall–Kier alpha value is -1.43. The Balaban J connectivity index is 3.33. The van der Waals surface area contributed by atoms with Gasteiger partial charge in [0.25, 0.3) is 0 Å². The number of ether oxygens (including phenoxy) is 1. The van der Waals surface area contributed by atoms with E-state index in [0.29, 0.717) is 19.3 Å². The summed E-state index contributed by atoms with van der Waals surface area (Å²) in [6.07, 6.45) is 2.25. The van der Waals surface area contributed by atoms with Crippen LogP contribution < -0.4 is 5.73 Å². The number of carbonyl (C=O) groups excluding carboxylic acids is 2. The lowest BCUT2D eigenvalue weighted by Crippen LogP contribution is -2.15. The van der Waals surface area contributed by atoms with Crippen LogP contribution in [-0.4, -0.2) is 36.0 Å². The molecule has 6 heteroatoms. The van der Waals surface area contributed by atoms with E-state index in [1.165, 1.54) is 0 Å². The molecular formula is C11H19NO5. The molecule has 0 radical (unpaired) electrons. The van der Waals surface area contributed by atoms with Crippen molar-refractivity contribution in [3.05, 3.63) is 0 Å². The SMILES string of the molecule is NCC(=O)CCC(=O)OCCCCCC(=O)O. The Kier molecular flexibility index (Phi) is 8.95. The number of rotatable bonds is 10. The van der Waals surface area contributed by atoms with Crippen molar-refractivity contribution in [3.63, 3.8) is 0 Å². The summed E-state index contributed by atoms with van der Waals surface area (Å²) in [5, 5.41) is 8.38. The highest BCUT2D eigenvalue weighted by Gasteiger charge is 2.06. The van der Waals surface area contributed by atoms with Crippen LogP contribution >= 0.6 is 0 Å². The average molecular weight is 245 g/mol. The van der Waals surface area contributed by atoms with Crippen LogP contribution in [-0.2, 0) is 19.1 Å². The van der Waals surface area contributed by atoms with Crippen LogP contribution in [0.25, 0.3) is 0 Å². The Labute approximate surface area is 100 Å². The van der Waals surface area contributed by atoms with Gasteiger partial charge >= 0.3 is 11.9 Å². The summed E-state index contributed by atoms with van der Waals surface area (Å²) in [5.41, 5.74) is 5.09. The number of hydrogen-bond acceptors (Lipinski definition) is 5. The van der Waals surface area contributed by atoms with Crippen molar-refractivity contribution in [1.29, 1.82) is 0 Å². The second-order valence-corrected chi connectivity index (χ2v) is 3.67. The number of hydrogen-bond donors (Lipinski definition) is 2. The summed E-state index contributed by atoms with van der Waals surface area (Å²) in [4.78, 5) is 32.1. The quantitative estimate of drug-likeness (QED) is 0.428. The first kappa shape index (κ1) is 15.6. The Morgan fingerprint density at radius 2 is 1.71 bits per heavy atom. The molecule has 0 heterocycles. The van der Waals surface area contributed by atoms with Crippen LogP contribution in [0.15, 0.2) is 0 Å². The van der Waals surface area contributed by atoms with E-state index in [4.69, 9.17) is 15.6 Å². The molecule has 98 valence electrons. The molecule has 0 spiro atoms. The second kappa shape index (κ2) is 9.77. The molecule has 0 aromatic rings. The summed E-state index contributed by atoms with van der Waals surface area (Å²) in [6.45, 7) is 0.220. The normalized spacial score (nSPS) is 9.94. The molecule has 0 unspecified atom stereocenters. The van der Waals surface area contributed by atoms with Gasteiger partial charge in [-0.1, -0.05) is 0 Å². The predicted molar refractivity (Wildman–Crippen MR) is 60.4 cm³/mol. The van der Waals surface area contributed by atoms with E-state index in [1.807, 2.05) is 0 Å². The zero-order valence-corrected chi connectivity index (χ0v) is 9.81. The average Bonchev–Trinajstić information content (AvgIpc) is 2.30. The monoisotopic (exact) mass is 245 g/mol. The van der Waals surface area contributed by atoms with Crippen molar-refractivity contribution in [2.24, 2.45) is 5.73 Å². The number of unbranched alkanes of at least 4 members (excludes halogenated alkanes) is 2. The molecule has 6 nitrogen and oxygen atoms in total. The van der Waals surface area contributed by atoms with Crippen molar-refractivity contribution in [1.82, 2.24) is 0 Å². The molecular weight excluding hydrogens is 226 g/mol. The molecule has 0 amide bonds. The number of carboxylic acids is 1. The van der Waals surface area contributed by atoms with E-state index >= 15 is 0 Å². The summed E-state index contributed by atoms with van der Waals surface area (Å²) in [7, 11) is 0. The largest absolute Gasteiger partial charge is 0.481 e. The first-order chi connectivity index (χ1) is 8.06. The molecule has 0 aliphatic carbocycles. The summed E-state index contributed by atoms with van der Waals surface area (Å²) in [5.74, 6) is -1.39. The number of nitrogens with two attached hydrogens (primary N) is 1. The molecule has 0 saturated carbocycles. The second-order valence-electron chi connectivity index (χ2n) is 3.67. The van der Waals surface area contributed by atoms with Crippen molar-refractivity contribution in [2.75, 3.05) is 13.2 Å². The molecule has 0 aromatic heterocycles. The summed E-state index contributed by atoms with van der Waals surface area (Å²) >= 11 is 0. The number of aliphatic carboxylic acids is 1. The van der Waals surface area contributed by atoms with Crippen LogP contribution in [0.2, 0.25) is 0 Å². The summed E-state index contributed by atoms with van der Waals surface area (Å²) < 4.78 is 4.86. The lowest BCUT2D eigenvalue weighted by Gasteiger charge is -2.03. The van der Waals surface area contributed by atoms with E-state index in [2.05, 4.69) is 0 Å². The fourth-order valence-electron chi connectivity index (χ4n) is 1.16. The molecule has 0 atom stereocenters. The minimum atomic E-state index is -0.817. The highest BCUT2D eigenvalue weighted by atomic mass is 16.5. The van der Waals surface area contributed by atoms with Crippen LogP contribution in [0, 0.1) is 0 Å². The van der Waals surface area contributed by atoms with Gasteiger partial charge in [-0.3, -0.25) is 14.4 Å². The van der Waals surface area contributed by atoms with Gasteiger partial charge in [0.1, 0.15) is 5.78 Å². The highest BCUT2D eigenvalue weighted by molar-refractivity contribution is 5.84. The van der Waals surface area contributed by atoms with E-state index in [1.54, 1.807) is 0 Å². The van der Waals surface area contributed by atoms with Gasteiger partial charge in [-0.25, -0.2) is 0 Å². The van der Waals surface area contributed by atoms with Gasteiger partial charge in [0.15, 0.2) is 0 Å². The lowest BCUT2D eigenvalue weighted by atomic mass is 10.2. The molecule has 0 aliphatic rings. The van der Waals surface area contributed by atoms with Gasteiger partial charge in [-0.2, -0.15) is 0 Å². The Morgan fingerprint density at radius 3 is 2.29 bits per heavy atom. The maximum Gasteiger partial charge on any atom is 0.306 e. The molecule has 3 N–H and O–H groups in total. The van der Waals surface area contributed by atoms with Crippen LogP contribution in [0.4, 0.5) is 0 Å². The molecule has 0 aromatic carbocycles. The fraction of sp³-hybridized carbons (Fsp3) is 0.727. The van der Waals surface area contributed by atoms with E-state index in [-0.39, 0.29) is 38.2 Å². The molecule has 17 heavy (non-hydrogen) atoms. The van der Waals surface area contributed by atoms with Gasteiger partial charge < -0.3 is 15.6 Å². The number of esters is 1. The molecule has 0 aliphatic heterocycles. The topological polar surface area (TPSA) is 107 Å². The molecule has 0 saturated heterocycles. The first-order valence-electron chi connectivity index (χ1n) is 5.65. The zero-order chi connectivity index (χ0) is 13.1. The third-order valence-corrected chi connectivity index (χ3v) is 2.13. The van der Waals surface area contributed by atoms with Crippen molar-refractivity contribution >= 4 is 17.7 Å². The van der Waals surface area contributed by atoms with Gasteiger partial charge in [0.2, 0.25) is 0 Å². The summed E-state index contributed by atoms with van der Waals surface area (Å²) in [6, 6.07) is 0. The lowest BCUT2D eigenvalue weighted by molar-refractivity contribution is -0.145. The standard InChI is InChI=1S/C11H19NO5/c12-8-9(13)5-6-11(16)17-7-3-1-2-4-10(14)15/h1-8,12H2,(H,14,15). The van der Waals surface area contributed by atoms with Crippen LogP contribution in [0.3, 0.4) is 0 Å². The minimum Gasteiger partial charge on any atom is -0.481 e. The van der Waals surface area contributed by atoms with E-state index < -0.39 is 11.9 Å². The number of Topliss-reactive ketones (excluding diaryl/α,β-unsaturated/α-hetero) is 1. The first-order valence-corrected chi connectivity index (χ1v) is 5.65. The Bertz CT molecular complexity index is 265. The minimum absolute atomic E-state index is 0.0531. The third-order valence-electron chi connectivity index (χ3n) is 2.13. The molecule has 0 rings (SSSR count). The molecule has 0 fully saturated rings. The third kappa shape index (κ3) is 10.8.